The van der Waals surface area contributed by atoms with Crippen molar-refractivity contribution in [2.45, 2.75) is 45.9 Å². The Balaban J connectivity index is 2.66. The fourth-order valence-electron chi connectivity index (χ4n) is 2.30. The molecule has 9 heteroatoms. The van der Waals surface area contributed by atoms with Gasteiger partial charge >= 0.3 is 12.1 Å². The van der Waals surface area contributed by atoms with Gasteiger partial charge in [-0.25, -0.2) is 4.79 Å². The standard InChI is InChI=1S/C19H27N3O6/c1-4-27-15(23)10-14(17(20)24)21-18(25)16(12(2)3)22-19(26)28-11-13-8-6-5-7-9-13/h5-9,12,14,16H,4,10-11H2,1-3H3,(H2,20,24)(H,21,25)(H,22,26)/t14-,16-/m0/s1. The number of carbonyl (C=O) groups excluding carboxylic acids is 4. The summed E-state index contributed by atoms with van der Waals surface area (Å²) in [5, 5.41) is 4.85. The smallest absolute Gasteiger partial charge is 0.408 e. The van der Waals surface area contributed by atoms with Crippen molar-refractivity contribution in [2.24, 2.45) is 11.7 Å². The molecular formula is C19H27N3O6. The predicted molar refractivity (Wildman–Crippen MR) is 101 cm³/mol. The molecule has 0 aliphatic rings. The minimum absolute atomic E-state index is 0.0475. The lowest BCUT2D eigenvalue weighted by atomic mass is 10.0. The lowest BCUT2D eigenvalue weighted by Crippen LogP contribution is -2.55. The van der Waals surface area contributed by atoms with E-state index in [0.29, 0.717) is 0 Å². The number of primary amides is 1. The van der Waals surface area contributed by atoms with Gasteiger partial charge in [0.05, 0.1) is 13.0 Å². The van der Waals surface area contributed by atoms with E-state index < -0.39 is 42.4 Å². The number of rotatable bonds is 10. The van der Waals surface area contributed by atoms with Crippen LogP contribution in [0, 0.1) is 5.92 Å². The van der Waals surface area contributed by atoms with Gasteiger partial charge < -0.3 is 25.8 Å². The molecule has 154 valence electrons. The maximum absolute atomic E-state index is 12.5. The first-order valence-electron chi connectivity index (χ1n) is 8.97. The van der Waals surface area contributed by atoms with Gasteiger partial charge in [0.2, 0.25) is 11.8 Å². The summed E-state index contributed by atoms with van der Waals surface area (Å²) in [6.07, 6.45) is -1.17. The van der Waals surface area contributed by atoms with Gasteiger partial charge in [-0.05, 0) is 18.4 Å². The molecule has 1 rings (SSSR count). The largest absolute Gasteiger partial charge is 0.466 e. The van der Waals surface area contributed by atoms with Gasteiger partial charge in [0.15, 0.2) is 0 Å². The highest BCUT2D eigenvalue weighted by molar-refractivity contribution is 5.92. The molecule has 28 heavy (non-hydrogen) atoms. The summed E-state index contributed by atoms with van der Waals surface area (Å²) >= 11 is 0. The molecule has 0 saturated carbocycles. The lowest BCUT2D eigenvalue weighted by molar-refractivity contribution is -0.145. The van der Waals surface area contributed by atoms with Gasteiger partial charge in [-0.15, -0.1) is 0 Å². The van der Waals surface area contributed by atoms with E-state index in [4.69, 9.17) is 15.2 Å². The van der Waals surface area contributed by atoms with Crippen molar-refractivity contribution in [1.82, 2.24) is 10.6 Å². The molecule has 0 saturated heterocycles. The third-order valence-corrected chi connectivity index (χ3v) is 3.77. The number of amides is 3. The fourth-order valence-corrected chi connectivity index (χ4v) is 2.30. The summed E-state index contributed by atoms with van der Waals surface area (Å²) in [5.74, 6) is -2.50. The minimum Gasteiger partial charge on any atom is -0.466 e. The molecule has 2 atom stereocenters. The zero-order valence-electron chi connectivity index (χ0n) is 16.3. The molecule has 1 aromatic rings. The van der Waals surface area contributed by atoms with Crippen LogP contribution in [-0.2, 0) is 30.5 Å². The average molecular weight is 393 g/mol. The van der Waals surface area contributed by atoms with Crippen LogP contribution >= 0.6 is 0 Å². The molecule has 0 aromatic heterocycles. The molecule has 0 heterocycles. The van der Waals surface area contributed by atoms with Crippen LogP contribution in [-0.4, -0.2) is 42.6 Å². The Morgan fingerprint density at radius 1 is 1.04 bits per heavy atom. The Morgan fingerprint density at radius 2 is 1.68 bits per heavy atom. The summed E-state index contributed by atoms with van der Waals surface area (Å²) in [5.41, 5.74) is 6.04. The molecule has 1 aromatic carbocycles. The molecule has 0 spiro atoms. The predicted octanol–water partition coefficient (Wildman–Crippen LogP) is 0.861. The first kappa shape index (κ1) is 22.9. The number of nitrogens with two attached hydrogens (primary N) is 1. The van der Waals surface area contributed by atoms with Gasteiger partial charge in [-0.1, -0.05) is 44.2 Å². The summed E-state index contributed by atoms with van der Waals surface area (Å²) in [7, 11) is 0. The molecule has 3 amide bonds. The number of hydrogen-bond acceptors (Lipinski definition) is 6. The molecule has 0 radical (unpaired) electrons. The highest BCUT2D eigenvalue weighted by Crippen LogP contribution is 2.06. The lowest BCUT2D eigenvalue weighted by Gasteiger charge is -2.23. The SMILES string of the molecule is CCOC(=O)C[C@H](NC(=O)[C@@H](NC(=O)OCc1ccccc1)C(C)C)C(N)=O. The molecule has 0 aliphatic carbocycles. The second-order valence-corrected chi connectivity index (χ2v) is 6.40. The summed E-state index contributed by atoms with van der Waals surface area (Å²) in [6, 6.07) is 6.85. The van der Waals surface area contributed by atoms with Crippen molar-refractivity contribution in [2.75, 3.05) is 6.61 Å². The second kappa shape index (κ2) is 11.6. The topological polar surface area (TPSA) is 137 Å². The highest BCUT2D eigenvalue weighted by atomic mass is 16.5. The minimum atomic E-state index is -1.24. The average Bonchev–Trinajstić information content (AvgIpc) is 2.64. The molecule has 4 N–H and O–H groups in total. The molecule has 9 nitrogen and oxygen atoms in total. The van der Waals surface area contributed by atoms with Crippen molar-refractivity contribution in [3.63, 3.8) is 0 Å². The van der Waals surface area contributed by atoms with Crippen molar-refractivity contribution in [1.29, 1.82) is 0 Å². The van der Waals surface area contributed by atoms with Crippen LogP contribution in [0.25, 0.3) is 0 Å². The van der Waals surface area contributed by atoms with Crippen LogP contribution in [0.3, 0.4) is 0 Å². The van der Waals surface area contributed by atoms with Crippen LogP contribution in [0.4, 0.5) is 4.79 Å². The van der Waals surface area contributed by atoms with Gasteiger partial charge in [-0.3, -0.25) is 14.4 Å². The van der Waals surface area contributed by atoms with Crippen LogP contribution in [0.1, 0.15) is 32.8 Å². The Hall–Kier alpha value is -3.10. The molecule has 0 bridgehead atoms. The van der Waals surface area contributed by atoms with Crippen molar-refractivity contribution in [3.05, 3.63) is 35.9 Å². The van der Waals surface area contributed by atoms with Crippen LogP contribution < -0.4 is 16.4 Å². The Labute approximate surface area is 163 Å². The number of nitrogens with one attached hydrogen (secondary N) is 2. The number of hydrogen-bond donors (Lipinski definition) is 3. The Kier molecular flexibility index (Phi) is 9.49. The monoisotopic (exact) mass is 393 g/mol. The number of benzene rings is 1. The zero-order valence-corrected chi connectivity index (χ0v) is 16.3. The third-order valence-electron chi connectivity index (χ3n) is 3.77. The third kappa shape index (κ3) is 8.07. The van der Waals surface area contributed by atoms with Gasteiger partial charge in [0.25, 0.3) is 0 Å². The number of ether oxygens (including phenoxy) is 2. The van der Waals surface area contributed by atoms with E-state index >= 15 is 0 Å². The Bertz CT molecular complexity index is 678. The maximum Gasteiger partial charge on any atom is 0.408 e. The molecule has 0 unspecified atom stereocenters. The maximum atomic E-state index is 12.5. The van der Waals surface area contributed by atoms with Crippen LogP contribution in [0.2, 0.25) is 0 Å². The van der Waals surface area contributed by atoms with E-state index in [2.05, 4.69) is 10.6 Å². The first-order valence-corrected chi connectivity index (χ1v) is 8.97. The fraction of sp³-hybridized carbons (Fsp3) is 0.474. The summed E-state index contributed by atoms with van der Waals surface area (Å²) in [4.78, 5) is 47.7. The molecule has 0 fully saturated rings. The van der Waals surface area contributed by atoms with E-state index in [1.807, 2.05) is 18.2 Å². The quantitative estimate of drug-likeness (QED) is 0.504. The normalized spacial score (nSPS) is 12.6. The van der Waals surface area contributed by atoms with E-state index in [-0.39, 0.29) is 19.1 Å². The highest BCUT2D eigenvalue weighted by Gasteiger charge is 2.29. The van der Waals surface area contributed by atoms with Gasteiger partial charge in [0, 0.05) is 0 Å². The Morgan fingerprint density at radius 3 is 2.21 bits per heavy atom. The molecule has 0 aliphatic heterocycles. The van der Waals surface area contributed by atoms with Crippen molar-refractivity contribution >= 4 is 23.9 Å². The van der Waals surface area contributed by atoms with E-state index in [1.54, 1.807) is 32.9 Å². The van der Waals surface area contributed by atoms with Crippen molar-refractivity contribution in [3.8, 4) is 0 Å². The van der Waals surface area contributed by atoms with E-state index in [0.717, 1.165) is 5.56 Å². The van der Waals surface area contributed by atoms with Gasteiger partial charge in [-0.2, -0.15) is 0 Å². The number of alkyl carbamates (subject to hydrolysis) is 1. The first-order chi connectivity index (χ1) is 13.2. The molecular weight excluding hydrogens is 366 g/mol. The zero-order chi connectivity index (χ0) is 21.1. The second-order valence-electron chi connectivity index (χ2n) is 6.40. The summed E-state index contributed by atoms with van der Waals surface area (Å²) < 4.78 is 9.87. The van der Waals surface area contributed by atoms with Crippen molar-refractivity contribution < 1.29 is 28.7 Å². The van der Waals surface area contributed by atoms with E-state index in [1.165, 1.54) is 0 Å². The van der Waals surface area contributed by atoms with E-state index in [9.17, 15) is 19.2 Å². The number of carbonyl (C=O) groups is 4. The van der Waals surface area contributed by atoms with Crippen LogP contribution in [0.15, 0.2) is 30.3 Å². The van der Waals surface area contributed by atoms with Gasteiger partial charge in [0.1, 0.15) is 18.7 Å². The number of esters is 1. The van der Waals surface area contributed by atoms with Crippen LogP contribution in [0.5, 0.6) is 0 Å². The summed E-state index contributed by atoms with van der Waals surface area (Å²) in [6.45, 7) is 5.24.